The minimum atomic E-state index is -0.0597. The van der Waals surface area contributed by atoms with Gasteiger partial charge in [0.1, 0.15) is 0 Å². The van der Waals surface area contributed by atoms with Crippen molar-refractivity contribution in [1.82, 2.24) is 4.98 Å². The van der Waals surface area contributed by atoms with Gasteiger partial charge in [0.25, 0.3) is 0 Å². The molecule has 0 amide bonds. The smallest absolute Gasteiger partial charge is 0.213 e. The number of nitrogens with zero attached hydrogens (tertiary/aromatic N) is 1. The molecule has 5 heteroatoms. The predicted octanol–water partition coefficient (Wildman–Crippen LogP) is 1.84. The third-order valence-electron chi connectivity index (χ3n) is 3.88. The summed E-state index contributed by atoms with van der Waals surface area (Å²) in [6, 6.07) is 4.29. The Bertz CT molecular complexity index is 415. The molecule has 2 unspecified atom stereocenters. The molecular weight excluding hydrogens is 244 g/mol. The van der Waals surface area contributed by atoms with E-state index in [1.807, 2.05) is 18.3 Å². The van der Waals surface area contributed by atoms with Gasteiger partial charge >= 0.3 is 0 Å². The van der Waals surface area contributed by atoms with Gasteiger partial charge in [-0.3, -0.25) is 0 Å². The first-order chi connectivity index (χ1) is 9.30. The topological polar surface area (TPSA) is 52.6 Å². The minimum absolute atomic E-state index is 0.0597. The molecule has 2 fully saturated rings. The van der Waals surface area contributed by atoms with Gasteiger partial charge in [-0.15, -0.1) is 0 Å². The predicted molar refractivity (Wildman–Crippen MR) is 71.6 cm³/mol. The van der Waals surface area contributed by atoms with Crippen LogP contribution in [0.25, 0.3) is 0 Å². The second-order valence-corrected chi connectivity index (χ2v) is 5.26. The van der Waals surface area contributed by atoms with E-state index in [1.165, 1.54) is 0 Å². The zero-order chi connectivity index (χ0) is 13.1. The van der Waals surface area contributed by atoms with E-state index in [0.29, 0.717) is 11.9 Å². The third-order valence-corrected chi connectivity index (χ3v) is 3.88. The van der Waals surface area contributed by atoms with Crippen LogP contribution in [0.5, 0.6) is 5.88 Å². The zero-order valence-corrected chi connectivity index (χ0v) is 11.2. The lowest BCUT2D eigenvalue weighted by Gasteiger charge is -2.37. The normalized spacial score (nSPS) is 30.5. The molecule has 1 spiro atoms. The molecule has 0 saturated carbocycles. The molecule has 0 radical (unpaired) electrons. The molecule has 2 saturated heterocycles. The van der Waals surface area contributed by atoms with Crippen LogP contribution in [0.3, 0.4) is 0 Å². The Kier molecular flexibility index (Phi) is 3.57. The molecule has 5 nitrogen and oxygen atoms in total. The van der Waals surface area contributed by atoms with Gasteiger partial charge in [0.05, 0.1) is 31.2 Å². The van der Waals surface area contributed by atoms with Crippen LogP contribution in [0, 0.1) is 0 Å². The van der Waals surface area contributed by atoms with Crippen molar-refractivity contribution in [2.75, 3.05) is 32.2 Å². The summed E-state index contributed by atoms with van der Waals surface area (Å²) in [5, 5.41) is 3.53. The summed E-state index contributed by atoms with van der Waals surface area (Å²) in [5.41, 5.74) is 0.970. The van der Waals surface area contributed by atoms with Crippen molar-refractivity contribution in [1.29, 1.82) is 0 Å². The molecule has 104 valence electrons. The molecule has 19 heavy (non-hydrogen) atoms. The number of pyridine rings is 1. The van der Waals surface area contributed by atoms with E-state index >= 15 is 0 Å². The number of aromatic nitrogens is 1. The summed E-state index contributed by atoms with van der Waals surface area (Å²) in [6.07, 6.45) is 4.84. The van der Waals surface area contributed by atoms with Gasteiger partial charge in [-0.25, -0.2) is 4.98 Å². The first-order valence-corrected chi connectivity index (χ1v) is 6.78. The van der Waals surface area contributed by atoms with Gasteiger partial charge in [-0.1, -0.05) is 0 Å². The van der Waals surface area contributed by atoms with Gasteiger partial charge in [0.2, 0.25) is 5.88 Å². The lowest BCUT2D eigenvalue weighted by Crippen LogP contribution is -2.44. The number of anilines is 1. The second kappa shape index (κ2) is 5.35. The molecule has 1 aromatic rings. The first kappa shape index (κ1) is 12.7. The number of hydrogen-bond donors (Lipinski definition) is 1. The molecular formula is C14H20N2O3. The Morgan fingerprint density at radius 1 is 1.42 bits per heavy atom. The average molecular weight is 264 g/mol. The van der Waals surface area contributed by atoms with Crippen LogP contribution < -0.4 is 10.1 Å². The third kappa shape index (κ3) is 2.82. The van der Waals surface area contributed by atoms with Crippen molar-refractivity contribution >= 4 is 5.69 Å². The number of methoxy groups -OCH3 is 1. The molecule has 3 rings (SSSR count). The van der Waals surface area contributed by atoms with Crippen LogP contribution in [0.1, 0.15) is 19.3 Å². The summed E-state index contributed by atoms with van der Waals surface area (Å²) in [5.74, 6) is 0.637. The van der Waals surface area contributed by atoms with Crippen LogP contribution in [-0.2, 0) is 9.47 Å². The minimum Gasteiger partial charge on any atom is -0.481 e. The molecule has 0 aromatic carbocycles. The molecule has 2 atom stereocenters. The number of hydrogen-bond acceptors (Lipinski definition) is 5. The fraction of sp³-hybridized carbons (Fsp3) is 0.643. The van der Waals surface area contributed by atoms with Crippen LogP contribution in [0.2, 0.25) is 0 Å². The summed E-state index contributed by atoms with van der Waals surface area (Å²) >= 11 is 0. The Morgan fingerprint density at radius 3 is 3.05 bits per heavy atom. The van der Waals surface area contributed by atoms with E-state index in [1.54, 1.807) is 7.11 Å². The van der Waals surface area contributed by atoms with Crippen molar-refractivity contribution in [3.63, 3.8) is 0 Å². The van der Waals surface area contributed by atoms with Gasteiger partial charge < -0.3 is 19.5 Å². The largest absolute Gasteiger partial charge is 0.481 e. The van der Waals surface area contributed by atoms with E-state index in [0.717, 1.165) is 44.8 Å². The van der Waals surface area contributed by atoms with Crippen molar-refractivity contribution < 1.29 is 14.2 Å². The molecule has 1 N–H and O–H groups in total. The summed E-state index contributed by atoms with van der Waals surface area (Å²) in [4.78, 5) is 4.21. The van der Waals surface area contributed by atoms with Gasteiger partial charge in [0, 0.05) is 31.7 Å². The zero-order valence-electron chi connectivity index (χ0n) is 11.2. The van der Waals surface area contributed by atoms with Crippen LogP contribution in [-0.4, -0.2) is 43.6 Å². The summed E-state index contributed by atoms with van der Waals surface area (Å²) in [7, 11) is 1.62. The number of ether oxygens (including phenoxy) is 3. The molecule has 0 bridgehead atoms. The van der Waals surface area contributed by atoms with Gasteiger partial charge in [0.15, 0.2) is 0 Å². The molecule has 2 aliphatic heterocycles. The highest BCUT2D eigenvalue weighted by Gasteiger charge is 2.40. The Hall–Kier alpha value is -1.33. The van der Waals surface area contributed by atoms with E-state index in [9.17, 15) is 0 Å². The van der Waals surface area contributed by atoms with Gasteiger partial charge in [-0.05, 0) is 18.9 Å². The maximum atomic E-state index is 5.93. The maximum absolute atomic E-state index is 5.93. The van der Waals surface area contributed by atoms with Crippen LogP contribution in [0.15, 0.2) is 18.3 Å². The van der Waals surface area contributed by atoms with Crippen LogP contribution >= 0.6 is 0 Å². The van der Waals surface area contributed by atoms with E-state index in [4.69, 9.17) is 14.2 Å². The van der Waals surface area contributed by atoms with Crippen molar-refractivity contribution in [2.45, 2.75) is 30.9 Å². The summed E-state index contributed by atoms with van der Waals surface area (Å²) < 4.78 is 16.5. The SMILES string of the molecule is COc1ccc(NC2CCOC3(CCOC3)C2)cn1. The Morgan fingerprint density at radius 2 is 2.37 bits per heavy atom. The lowest BCUT2D eigenvalue weighted by molar-refractivity contribution is -0.0828. The second-order valence-electron chi connectivity index (χ2n) is 5.26. The quantitative estimate of drug-likeness (QED) is 0.902. The average Bonchev–Trinajstić information content (AvgIpc) is 2.88. The monoisotopic (exact) mass is 264 g/mol. The standard InChI is InChI=1S/C14H20N2O3/c1-17-13-3-2-12(9-15-13)16-11-4-6-19-14(8-11)5-7-18-10-14/h2-3,9,11,16H,4-8,10H2,1H3. The fourth-order valence-corrected chi connectivity index (χ4v) is 2.84. The number of nitrogens with one attached hydrogen (secondary N) is 1. The van der Waals surface area contributed by atoms with E-state index in [2.05, 4.69) is 10.3 Å². The van der Waals surface area contributed by atoms with Gasteiger partial charge in [-0.2, -0.15) is 0 Å². The molecule has 2 aliphatic rings. The van der Waals surface area contributed by atoms with Crippen LogP contribution in [0.4, 0.5) is 5.69 Å². The Labute approximate surface area is 113 Å². The lowest BCUT2D eigenvalue weighted by atomic mass is 9.89. The van der Waals surface area contributed by atoms with Crippen molar-refractivity contribution in [3.8, 4) is 5.88 Å². The molecule has 1 aromatic heterocycles. The molecule has 3 heterocycles. The highest BCUT2D eigenvalue weighted by atomic mass is 16.6. The Balaban J connectivity index is 1.62. The molecule has 0 aliphatic carbocycles. The van der Waals surface area contributed by atoms with Crippen molar-refractivity contribution in [3.05, 3.63) is 18.3 Å². The van der Waals surface area contributed by atoms with Crippen molar-refractivity contribution in [2.24, 2.45) is 0 Å². The van der Waals surface area contributed by atoms with E-state index < -0.39 is 0 Å². The summed E-state index contributed by atoms with van der Waals surface area (Å²) in [6.45, 7) is 2.34. The number of rotatable bonds is 3. The highest BCUT2D eigenvalue weighted by Crippen LogP contribution is 2.33. The first-order valence-electron chi connectivity index (χ1n) is 6.78. The highest BCUT2D eigenvalue weighted by molar-refractivity contribution is 5.43. The fourth-order valence-electron chi connectivity index (χ4n) is 2.84. The maximum Gasteiger partial charge on any atom is 0.213 e. The van der Waals surface area contributed by atoms with E-state index in [-0.39, 0.29) is 5.60 Å².